The van der Waals surface area contributed by atoms with Crippen LogP contribution in [-0.4, -0.2) is 31.0 Å². The normalized spacial score (nSPS) is 10.6. The van der Waals surface area contributed by atoms with Crippen molar-refractivity contribution < 1.29 is 19.1 Å². The Bertz CT molecular complexity index is 634. The van der Waals surface area contributed by atoms with Gasteiger partial charge in [-0.1, -0.05) is 0 Å². The van der Waals surface area contributed by atoms with Crippen molar-refractivity contribution in [2.75, 3.05) is 11.5 Å². The molecule has 0 saturated heterocycles. The second-order valence-electron chi connectivity index (χ2n) is 5.25. The van der Waals surface area contributed by atoms with Gasteiger partial charge in [-0.05, 0) is 12.8 Å². The van der Waals surface area contributed by atoms with E-state index in [1.54, 1.807) is 23.2 Å². The number of aromatic nitrogens is 4. The number of nitrogens with zero attached hydrogens (tertiary/aromatic N) is 4. The summed E-state index contributed by atoms with van der Waals surface area (Å²) in [7, 11) is 3.39. The molecule has 0 unspecified atom stereocenters. The smallest absolute Gasteiger partial charge is 0.312 e. The third kappa shape index (κ3) is 4.73. The molecule has 0 fully saturated rings. The molecule has 2 rings (SSSR count). The lowest BCUT2D eigenvalue weighted by Gasteiger charge is -2.02. The number of hydrogen-bond donors (Lipinski definition) is 2. The molecule has 2 aromatic rings. The second kappa shape index (κ2) is 7.49. The fourth-order valence-electron chi connectivity index (χ4n) is 1.88. The quantitative estimate of drug-likeness (QED) is 0.546. The zero-order chi connectivity index (χ0) is 17.7. The van der Waals surface area contributed by atoms with Crippen LogP contribution in [0.3, 0.4) is 0 Å². The maximum atomic E-state index is 11.7. The van der Waals surface area contributed by atoms with E-state index in [1.165, 1.54) is 12.4 Å². The van der Waals surface area contributed by atoms with Crippen molar-refractivity contribution in [2.24, 2.45) is 14.1 Å². The molecule has 0 saturated carbocycles. The summed E-state index contributed by atoms with van der Waals surface area (Å²) in [6.07, 6.45) is 4.34. The molecule has 0 aliphatic carbocycles. The van der Waals surface area contributed by atoms with E-state index in [0.29, 0.717) is 12.8 Å². The van der Waals surface area contributed by atoms with E-state index in [-0.39, 0.29) is 36.5 Å². The average Bonchev–Trinajstić information content (AvgIpc) is 2.97. The fourth-order valence-corrected chi connectivity index (χ4v) is 1.88. The molecular weight excluding hydrogens is 316 g/mol. The van der Waals surface area contributed by atoms with Gasteiger partial charge in [0.2, 0.25) is 23.7 Å². The largest absolute Gasteiger partial charge is 0.406 e. The van der Waals surface area contributed by atoms with Crippen molar-refractivity contribution in [3.63, 3.8) is 0 Å². The minimum Gasteiger partial charge on any atom is -0.406 e. The molecule has 0 amide bonds. The third-order valence-electron chi connectivity index (χ3n) is 3.23. The standard InChI is InChI=1S/C14H20N6O4/c1-19-7-9(17-13(19)15)23-11(21)5-3-4-6-12(22)24-10-8-20(2)14(16)18-10/h7-8H,3-6H2,1-2H3,(H2,15,17)(H2,16,18). The zero-order valence-electron chi connectivity index (χ0n) is 13.6. The Labute approximate surface area is 138 Å². The maximum absolute atomic E-state index is 11.7. The van der Waals surface area contributed by atoms with Crippen molar-refractivity contribution in [1.29, 1.82) is 0 Å². The van der Waals surface area contributed by atoms with Crippen LogP contribution in [0.25, 0.3) is 0 Å². The van der Waals surface area contributed by atoms with Gasteiger partial charge in [0.1, 0.15) is 0 Å². The van der Waals surface area contributed by atoms with E-state index in [1.807, 2.05) is 0 Å². The zero-order valence-corrected chi connectivity index (χ0v) is 13.6. The Morgan fingerprint density at radius 1 is 0.917 bits per heavy atom. The number of ether oxygens (including phenoxy) is 2. The van der Waals surface area contributed by atoms with Crippen molar-refractivity contribution in [3.05, 3.63) is 12.4 Å². The molecule has 0 bridgehead atoms. The van der Waals surface area contributed by atoms with Crippen LogP contribution in [0.2, 0.25) is 0 Å². The van der Waals surface area contributed by atoms with Gasteiger partial charge in [0.25, 0.3) is 0 Å². The van der Waals surface area contributed by atoms with E-state index < -0.39 is 11.9 Å². The molecule has 10 nitrogen and oxygen atoms in total. The molecule has 10 heteroatoms. The predicted molar refractivity (Wildman–Crippen MR) is 85.0 cm³/mol. The van der Waals surface area contributed by atoms with Gasteiger partial charge in [0.05, 0.1) is 12.4 Å². The van der Waals surface area contributed by atoms with E-state index in [4.69, 9.17) is 20.9 Å². The summed E-state index contributed by atoms with van der Waals surface area (Å²) in [5.41, 5.74) is 11.1. The highest BCUT2D eigenvalue weighted by Crippen LogP contribution is 2.14. The second-order valence-corrected chi connectivity index (χ2v) is 5.25. The summed E-state index contributed by atoms with van der Waals surface area (Å²) in [5.74, 6) is -0.0244. The molecule has 2 heterocycles. The van der Waals surface area contributed by atoms with E-state index in [0.717, 1.165) is 0 Å². The fraction of sp³-hybridized carbons (Fsp3) is 0.429. The molecule has 2 aromatic heterocycles. The first-order valence-corrected chi connectivity index (χ1v) is 7.34. The van der Waals surface area contributed by atoms with Crippen LogP contribution in [0.15, 0.2) is 12.4 Å². The van der Waals surface area contributed by atoms with Crippen LogP contribution >= 0.6 is 0 Å². The third-order valence-corrected chi connectivity index (χ3v) is 3.23. The van der Waals surface area contributed by atoms with E-state index in [9.17, 15) is 9.59 Å². The number of imidazole rings is 2. The Morgan fingerprint density at radius 3 is 1.58 bits per heavy atom. The average molecular weight is 336 g/mol. The predicted octanol–water partition coefficient (Wildman–Crippen LogP) is 0.389. The number of unbranched alkanes of at least 4 members (excludes halogenated alkanes) is 1. The lowest BCUT2D eigenvalue weighted by atomic mass is 10.2. The van der Waals surface area contributed by atoms with Gasteiger partial charge < -0.3 is 30.1 Å². The number of carbonyl (C=O) groups excluding carboxylic acids is 2. The first-order valence-electron chi connectivity index (χ1n) is 7.34. The first-order chi connectivity index (χ1) is 11.3. The number of esters is 2. The molecule has 0 atom stereocenters. The maximum Gasteiger partial charge on any atom is 0.312 e. The van der Waals surface area contributed by atoms with Gasteiger partial charge in [-0.25, -0.2) is 0 Å². The SMILES string of the molecule is Cn1cc(OC(=O)CCCCC(=O)Oc2cn(C)c(N)n2)nc1N. The van der Waals surface area contributed by atoms with Crippen LogP contribution in [0.1, 0.15) is 25.7 Å². The molecule has 0 aliphatic heterocycles. The van der Waals surface area contributed by atoms with Crippen molar-refractivity contribution in [3.8, 4) is 11.8 Å². The Kier molecular flexibility index (Phi) is 5.40. The van der Waals surface area contributed by atoms with Crippen molar-refractivity contribution >= 4 is 23.8 Å². The van der Waals surface area contributed by atoms with Crippen LogP contribution < -0.4 is 20.9 Å². The lowest BCUT2D eigenvalue weighted by Crippen LogP contribution is -2.10. The van der Waals surface area contributed by atoms with Crippen molar-refractivity contribution in [1.82, 2.24) is 19.1 Å². The van der Waals surface area contributed by atoms with Gasteiger partial charge >= 0.3 is 11.9 Å². The Morgan fingerprint density at radius 2 is 1.29 bits per heavy atom. The van der Waals surface area contributed by atoms with Crippen LogP contribution in [0.5, 0.6) is 11.8 Å². The molecule has 0 aromatic carbocycles. The van der Waals surface area contributed by atoms with E-state index in [2.05, 4.69) is 9.97 Å². The highest BCUT2D eigenvalue weighted by Gasteiger charge is 2.11. The summed E-state index contributed by atoms with van der Waals surface area (Å²) >= 11 is 0. The Balaban J connectivity index is 1.65. The topological polar surface area (TPSA) is 140 Å². The lowest BCUT2D eigenvalue weighted by molar-refractivity contribution is -0.136. The summed E-state index contributed by atoms with van der Waals surface area (Å²) in [5, 5.41) is 0. The molecular formula is C14H20N6O4. The monoisotopic (exact) mass is 336 g/mol. The summed E-state index contributed by atoms with van der Waals surface area (Å²) < 4.78 is 13.2. The first kappa shape index (κ1) is 17.3. The summed E-state index contributed by atoms with van der Waals surface area (Å²) in [4.78, 5) is 31.0. The number of carbonyl (C=O) groups is 2. The van der Waals surface area contributed by atoms with Crippen LogP contribution in [0, 0.1) is 0 Å². The molecule has 24 heavy (non-hydrogen) atoms. The number of rotatable bonds is 7. The highest BCUT2D eigenvalue weighted by atomic mass is 16.5. The molecule has 130 valence electrons. The van der Waals surface area contributed by atoms with Gasteiger partial charge in [-0.15, -0.1) is 0 Å². The number of aryl methyl sites for hydroxylation is 2. The number of nitrogen functional groups attached to an aromatic ring is 2. The molecule has 4 N–H and O–H groups in total. The van der Waals surface area contributed by atoms with Crippen molar-refractivity contribution in [2.45, 2.75) is 25.7 Å². The van der Waals surface area contributed by atoms with Gasteiger partial charge in [-0.3, -0.25) is 9.59 Å². The minimum absolute atomic E-state index is 0.159. The van der Waals surface area contributed by atoms with E-state index >= 15 is 0 Å². The summed E-state index contributed by atoms with van der Waals surface area (Å²) in [6, 6.07) is 0. The van der Waals surface area contributed by atoms with Gasteiger partial charge in [0.15, 0.2) is 0 Å². The van der Waals surface area contributed by atoms with Gasteiger partial charge in [0, 0.05) is 26.9 Å². The number of nitrogens with two attached hydrogens (primary N) is 2. The highest BCUT2D eigenvalue weighted by molar-refractivity contribution is 5.73. The van der Waals surface area contributed by atoms with Crippen LogP contribution in [-0.2, 0) is 23.7 Å². The Hall–Kier alpha value is -3.04. The molecule has 0 aliphatic rings. The van der Waals surface area contributed by atoms with Gasteiger partial charge in [-0.2, -0.15) is 9.97 Å². The number of hydrogen-bond acceptors (Lipinski definition) is 8. The summed E-state index contributed by atoms with van der Waals surface area (Å²) in [6.45, 7) is 0. The number of anilines is 2. The molecule has 0 spiro atoms. The van der Waals surface area contributed by atoms with Crippen LogP contribution in [0.4, 0.5) is 11.9 Å². The molecule has 0 radical (unpaired) electrons. The minimum atomic E-state index is -0.432.